The van der Waals surface area contributed by atoms with Gasteiger partial charge >= 0.3 is 0 Å². The van der Waals surface area contributed by atoms with Crippen LogP contribution < -0.4 is 15.1 Å². The fraction of sp³-hybridized carbons (Fsp3) is 0.409. The third-order valence-corrected chi connectivity index (χ3v) is 5.69. The Kier molecular flexibility index (Phi) is 6.49. The van der Waals surface area contributed by atoms with E-state index < -0.39 is 4.92 Å². The Morgan fingerprint density at radius 3 is 2.41 bits per heavy atom. The molecule has 2 aromatic rings. The first-order valence-electron chi connectivity index (χ1n) is 10.0. The van der Waals surface area contributed by atoms with Gasteiger partial charge in [0.15, 0.2) is 0 Å². The molecule has 1 atom stereocenters. The van der Waals surface area contributed by atoms with E-state index in [1.807, 2.05) is 14.1 Å². The number of nitrogens with one attached hydrogen (secondary N) is 2. The van der Waals surface area contributed by atoms with Crippen molar-refractivity contribution >= 4 is 17.3 Å². The maximum Gasteiger partial charge on any atom is 0.273 e. The van der Waals surface area contributed by atoms with Gasteiger partial charge in [-0.1, -0.05) is 18.2 Å². The number of rotatable bonds is 7. The van der Waals surface area contributed by atoms with E-state index in [1.165, 1.54) is 29.4 Å². The summed E-state index contributed by atoms with van der Waals surface area (Å²) in [5, 5.41) is 14.2. The number of hydrogen-bond donors (Lipinski definition) is 2. The Balaban J connectivity index is 1.75. The van der Waals surface area contributed by atoms with Crippen molar-refractivity contribution in [2.45, 2.75) is 25.8 Å². The molecule has 1 saturated heterocycles. The zero-order valence-electron chi connectivity index (χ0n) is 17.3. The van der Waals surface area contributed by atoms with Crippen molar-refractivity contribution in [2.24, 2.45) is 0 Å². The predicted molar refractivity (Wildman–Crippen MR) is 114 cm³/mol. The van der Waals surface area contributed by atoms with Crippen molar-refractivity contribution in [3.8, 4) is 0 Å². The highest BCUT2D eigenvalue weighted by atomic mass is 16.6. The minimum atomic E-state index is -0.449. The third-order valence-electron chi connectivity index (χ3n) is 5.69. The highest BCUT2D eigenvalue weighted by Crippen LogP contribution is 2.20. The normalized spacial score (nSPS) is 15.1. The lowest BCUT2D eigenvalue weighted by molar-refractivity contribution is -0.918. The largest absolute Gasteiger partial charge is 0.378 e. The molecule has 0 aromatic heterocycles. The summed E-state index contributed by atoms with van der Waals surface area (Å²) >= 11 is 0. The van der Waals surface area contributed by atoms with E-state index in [2.05, 4.69) is 34.5 Å². The molecule has 29 heavy (non-hydrogen) atoms. The van der Waals surface area contributed by atoms with Gasteiger partial charge in [-0.3, -0.25) is 14.9 Å². The second-order valence-corrected chi connectivity index (χ2v) is 7.87. The van der Waals surface area contributed by atoms with E-state index in [1.54, 1.807) is 19.1 Å². The fourth-order valence-corrected chi connectivity index (χ4v) is 3.92. The van der Waals surface area contributed by atoms with E-state index in [0.717, 1.165) is 18.8 Å². The third kappa shape index (κ3) is 4.92. The number of carbonyl (C=O) groups excluding carboxylic acids is 1. The summed E-state index contributed by atoms with van der Waals surface area (Å²) in [6.07, 6.45) is 2.39. The molecule has 0 saturated carbocycles. The molecule has 2 N–H and O–H groups in total. The first kappa shape index (κ1) is 20.8. The van der Waals surface area contributed by atoms with Crippen LogP contribution >= 0.6 is 0 Å². The standard InChI is InChI=1S/C22H28N4O3/c1-16-6-7-18(14-20(16)26(28)29)22(27)23-15-21(25-12-4-5-13-25)17-8-10-19(11-9-17)24(2)3/h6-11,14,21H,4-5,12-13,15H2,1-3H3,(H,23,27)/p+1/t21-/m1/s1. The van der Waals surface area contributed by atoms with E-state index in [4.69, 9.17) is 0 Å². The van der Waals surface area contributed by atoms with Crippen LogP contribution in [0.5, 0.6) is 0 Å². The van der Waals surface area contributed by atoms with E-state index >= 15 is 0 Å². The van der Waals surface area contributed by atoms with Crippen LogP contribution in [0.15, 0.2) is 42.5 Å². The van der Waals surface area contributed by atoms with Gasteiger partial charge in [-0.25, -0.2) is 0 Å². The lowest BCUT2D eigenvalue weighted by Gasteiger charge is -2.26. The summed E-state index contributed by atoms with van der Waals surface area (Å²) in [6, 6.07) is 13.2. The molecule has 7 heteroatoms. The van der Waals surface area contributed by atoms with Gasteiger partial charge in [-0.2, -0.15) is 0 Å². The first-order chi connectivity index (χ1) is 13.9. The quantitative estimate of drug-likeness (QED) is 0.554. The number of nitro groups is 1. The molecule has 0 unspecified atom stereocenters. The maximum atomic E-state index is 12.7. The van der Waals surface area contributed by atoms with Crippen LogP contribution in [0.4, 0.5) is 11.4 Å². The number of likely N-dealkylation sites (tertiary alicyclic amines) is 1. The molecule has 1 heterocycles. The highest BCUT2D eigenvalue weighted by molar-refractivity contribution is 5.95. The van der Waals surface area contributed by atoms with Crippen molar-refractivity contribution in [2.75, 3.05) is 38.6 Å². The summed E-state index contributed by atoms with van der Waals surface area (Å²) in [4.78, 5) is 26.9. The van der Waals surface area contributed by atoms with E-state index in [0.29, 0.717) is 17.7 Å². The second-order valence-electron chi connectivity index (χ2n) is 7.87. The van der Waals surface area contributed by atoms with Crippen LogP contribution in [0, 0.1) is 17.0 Å². The molecule has 154 valence electrons. The number of hydrogen-bond acceptors (Lipinski definition) is 4. The Morgan fingerprint density at radius 2 is 1.83 bits per heavy atom. The number of nitro benzene ring substituents is 1. The minimum absolute atomic E-state index is 0.0290. The molecule has 3 rings (SSSR count). The molecular weight excluding hydrogens is 368 g/mol. The number of benzene rings is 2. The number of nitrogens with zero attached hydrogens (tertiary/aromatic N) is 2. The number of anilines is 1. The fourth-order valence-electron chi connectivity index (χ4n) is 3.92. The van der Waals surface area contributed by atoms with E-state index in [-0.39, 0.29) is 17.6 Å². The zero-order chi connectivity index (χ0) is 21.0. The van der Waals surface area contributed by atoms with Gasteiger partial charge in [0.25, 0.3) is 11.6 Å². The first-order valence-corrected chi connectivity index (χ1v) is 10.0. The van der Waals surface area contributed by atoms with Crippen LogP contribution in [0.2, 0.25) is 0 Å². The van der Waals surface area contributed by atoms with Crippen molar-refractivity contribution < 1.29 is 14.6 Å². The van der Waals surface area contributed by atoms with Crippen molar-refractivity contribution in [3.63, 3.8) is 0 Å². The van der Waals surface area contributed by atoms with Crippen LogP contribution in [-0.2, 0) is 0 Å². The maximum absolute atomic E-state index is 12.7. The number of aryl methyl sites for hydroxylation is 1. The Morgan fingerprint density at radius 1 is 1.17 bits per heavy atom. The topological polar surface area (TPSA) is 79.9 Å². The van der Waals surface area contributed by atoms with Gasteiger partial charge in [-0.05, 0) is 25.1 Å². The molecule has 0 bridgehead atoms. The van der Waals surface area contributed by atoms with Crippen LogP contribution in [0.3, 0.4) is 0 Å². The number of carbonyl (C=O) groups is 1. The van der Waals surface area contributed by atoms with Gasteiger partial charge in [0.05, 0.1) is 24.6 Å². The van der Waals surface area contributed by atoms with Crippen molar-refractivity contribution in [1.29, 1.82) is 0 Å². The summed E-state index contributed by atoms with van der Waals surface area (Å²) in [6.45, 7) is 4.35. The van der Waals surface area contributed by atoms with Gasteiger partial charge < -0.3 is 15.1 Å². The Labute approximate surface area is 171 Å². The van der Waals surface area contributed by atoms with Gasteiger partial charge in [0.2, 0.25) is 0 Å². The molecule has 0 aliphatic carbocycles. The number of quaternary nitrogens is 1. The lowest BCUT2D eigenvalue weighted by Crippen LogP contribution is -3.11. The second kappa shape index (κ2) is 9.05. The average molecular weight is 397 g/mol. The van der Waals surface area contributed by atoms with Crippen molar-refractivity contribution in [3.05, 3.63) is 69.3 Å². The molecule has 1 amide bonds. The summed E-state index contributed by atoms with van der Waals surface area (Å²) in [7, 11) is 4.03. The van der Waals surface area contributed by atoms with E-state index in [9.17, 15) is 14.9 Å². The zero-order valence-corrected chi connectivity index (χ0v) is 17.3. The predicted octanol–water partition coefficient (Wildman–Crippen LogP) is 2.12. The molecule has 0 radical (unpaired) electrons. The van der Waals surface area contributed by atoms with Crippen molar-refractivity contribution in [1.82, 2.24) is 5.32 Å². The lowest BCUT2D eigenvalue weighted by atomic mass is 10.0. The highest BCUT2D eigenvalue weighted by Gasteiger charge is 2.28. The summed E-state index contributed by atoms with van der Waals surface area (Å²) in [5.41, 5.74) is 3.17. The Bertz CT molecular complexity index is 874. The average Bonchev–Trinajstić information content (AvgIpc) is 3.23. The van der Waals surface area contributed by atoms with Crippen LogP contribution in [-0.4, -0.2) is 44.6 Å². The summed E-state index contributed by atoms with van der Waals surface area (Å²) in [5.74, 6) is -0.276. The Hall–Kier alpha value is -2.93. The number of amides is 1. The smallest absolute Gasteiger partial charge is 0.273 e. The van der Waals surface area contributed by atoms with Gasteiger partial charge in [0, 0.05) is 55.4 Å². The molecule has 7 nitrogen and oxygen atoms in total. The molecule has 2 aromatic carbocycles. The SMILES string of the molecule is Cc1ccc(C(=O)NC[C@H](c2ccc(N(C)C)cc2)[NH+]2CCCC2)cc1[N+](=O)[O-]. The molecule has 1 aliphatic heterocycles. The van der Waals surface area contributed by atoms with Gasteiger partial charge in [-0.15, -0.1) is 0 Å². The van der Waals surface area contributed by atoms with Gasteiger partial charge in [0.1, 0.15) is 6.04 Å². The molecule has 1 fully saturated rings. The monoisotopic (exact) mass is 397 g/mol. The summed E-state index contributed by atoms with van der Waals surface area (Å²) < 4.78 is 0. The molecule has 0 spiro atoms. The van der Waals surface area contributed by atoms with Crippen LogP contribution in [0.1, 0.15) is 40.4 Å². The minimum Gasteiger partial charge on any atom is -0.378 e. The molecule has 1 aliphatic rings. The molecular formula is C22H29N4O3+. The van der Waals surface area contributed by atoms with Crippen LogP contribution in [0.25, 0.3) is 0 Å².